The topological polar surface area (TPSA) is 34.5 Å². The largest absolute Gasteiger partial charge is 0.497 e. The van der Waals surface area contributed by atoms with E-state index in [1.165, 1.54) is 31.2 Å². The third-order valence-electron chi connectivity index (χ3n) is 5.92. The molecule has 1 aromatic heterocycles. The Morgan fingerprint density at radius 1 is 1.03 bits per heavy atom. The van der Waals surface area contributed by atoms with Crippen LogP contribution < -0.4 is 4.74 Å². The molecule has 4 nitrogen and oxygen atoms in total. The van der Waals surface area contributed by atoms with Crippen LogP contribution in [0.1, 0.15) is 59.8 Å². The summed E-state index contributed by atoms with van der Waals surface area (Å²) in [6, 6.07) is 20.3. The number of aromatic nitrogens is 1. The van der Waals surface area contributed by atoms with Crippen molar-refractivity contribution in [2.24, 2.45) is 0 Å². The first kappa shape index (κ1) is 24.4. The lowest BCUT2D eigenvalue weighted by atomic mass is 10.0. The zero-order valence-electron chi connectivity index (χ0n) is 20.0. The molecule has 0 saturated heterocycles. The predicted octanol–water partition coefficient (Wildman–Crippen LogP) is 6.50. The summed E-state index contributed by atoms with van der Waals surface area (Å²) in [5, 5.41) is 0. The van der Waals surface area contributed by atoms with E-state index in [2.05, 4.69) is 48.5 Å². The summed E-state index contributed by atoms with van der Waals surface area (Å²) in [4.78, 5) is 15.1. The fraction of sp³-hybridized carbons (Fsp3) is 0.345. The van der Waals surface area contributed by atoms with Gasteiger partial charge in [0.2, 0.25) is 0 Å². The number of carbonyl (C=O) groups excluding carboxylic acids is 1. The first-order chi connectivity index (χ1) is 16.1. The normalized spacial score (nSPS) is 10.7. The van der Waals surface area contributed by atoms with Gasteiger partial charge in [0.15, 0.2) is 0 Å². The van der Waals surface area contributed by atoms with Crippen LogP contribution in [-0.2, 0) is 19.5 Å². The fourth-order valence-electron chi connectivity index (χ4n) is 4.04. The maximum atomic E-state index is 13.3. The van der Waals surface area contributed by atoms with Crippen LogP contribution in [0.4, 0.5) is 0 Å². The Labute approximate surface area is 198 Å². The molecule has 0 aliphatic heterocycles. The molecule has 1 amide bonds. The van der Waals surface area contributed by atoms with E-state index in [1.807, 2.05) is 41.3 Å². The van der Waals surface area contributed by atoms with Gasteiger partial charge in [-0.25, -0.2) is 0 Å². The Bertz CT molecular complexity index is 1020. The summed E-state index contributed by atoms with van der Waals surface area (Å²) >= 11 is 0. The van der Waals surface area contributed by atoms with Crippen LogP contribution in [0.2, 0.25) is 0 Å². The number of methoxy groups -OCH3 is 1. The maximum absolute atomic E-state index is 13.3. The van der Waals surface area contributed by atoms with Gasteiger partial charge < -0.3 is 14.2 Å². The van der Waals surface area contributed by atoms with Crippen molar-refractivity contribution in [2.45, 2.75) is 52.1 Å². The molecule has 0 saturated carbocycles. The number of hydrogen-bond acceptors (Lipinski definition) is 2. The van der Waals surface area contributed by atoms with Crippen LogP contribution in [0.3, 0.4) is 0 Å². The first-order valence-corrected chi connectivity index (χ1v) is 11.9. The van der Waals surface area contributed by atoms with Crippen LogP contribution in [0.5, 0.6) is 5.75 Å². The fourth-order valence-corrected chi connectivity index (χ4v) is 4.04. The molecule has 2 aromatic carbocycles. The number of hydrogen-bond donors (Lipinski definition) is 0. The molecule has 174 valence electrons. The molecule has 1 heterocycles. The van der Waals surface area contributed by atoms with Crippen molar-refractivity contribution in [3.63, 3.8) is 0 Å². The van der Waals surface area contributed by atoms with Gasteiger partial charge in [-0.05, 0) is 60.4 Å². The number of amides is 1. The number of ether oxygens (including phenoxy) is 1. The van der Waals surface area contributed by atoms with Crippen LogP contribution in [0.25, 0.3) is 0 Å². The standard InChI is InChI=1S/C29H36N2O2/c1-4-6-7-8-11-24-15-17-26(18-16-24)29(32)31(19-5-2)23-27-13-10-20-30(27)22-25-12-9-14-28(21-25)33-3/h5,9-10,12-18,20-21H,2,4,6-8,11,19,22-23H2,1,3H3. The van der Waals surface area contributed by atoms with Crippen molar-refractivity contribution in [1.29, 1.82) is 0 Å². The summed E-state index contributed by atoms with van der Waals surface area (Å²) in [6.45, 7) is 7.85. The smallest absolute Gasteiger partial charge is 0.254 e. The summed E-state index contributed by atoms with van der Waals surface area (Å²) < 4.78 is 7.53. The van der Waals surface area contributed by atoms with E-state index < -0.39 is 0 Å². The lowest BCUT2D eigenvalue weighted by molar-refractivity contribution is 0.0759. The Morgan fingerprint density at radius 2 is 1.85 bits per heavy atom. The number of benzene rings is 2. The lowest BCUT2D eigenvalue weighted by Crippen LogP contribution is -2.31. The van der Waals surface area contributed by atoms with Gasteiger partial charge in [0.25, 0.3) is 5.91 Å². The average molecular weight is 445 g/mol. The van der Waals surface area contributed by atoms with Gasteiger partial charge in [0, 0.05) is 30.5 Å². The SMILES string of the molecule is C=CCN(Cc1cccn1Cc1cccc(OC)c1)C(=O)c1ccc(CCCCCC)cc1. The van der Waals surface area contributed by atoms with Gasteiger partial charge in [0.05, 0.1) is 13.7 Å². The van der Waals surface area contributed by atoms with Crippen molar-refractivity contribution >= 4 is 5.91 Å². The molecule has 0 N–H and O–H groups in total. The molecule has 0 aliphatic rings. The number of rotatable bonds is 13. The minimum Gasteiger partial charge on any atom is -0.497 e. The third-order valence-corrected chi connectivity index (χ3v) is 5.92. The number of nitrogens with zero attached hydrogens (tertiary/aromatic N) is 2. The summed E-state index contributed by atoms with van der Waals surface area (Å²) in [7, 11) is 1.68. The third kappa shape index (κ3) is 7.11. The first-order valence-electron chi connectivity index (χ1n) is 11.9. The van der Waals surface area contributed by atoms with E-state index in [-0.39, 0.29) is 5.91 Å². The second-order valence-corrected chi connectivity index (χ2v) is 8.46. The van der Waals surface area contributed by atoms with Crippen molar-refractivity contribution < 1.29 is 9.53 Å². The monoisotopic (exact) mass is 444 g/mol. The quantitative estimate of drug-likeness (QED) is 0.223. The predicted molar refractivity (Wildman–Crippen MR) is 136 cm³/mol. The van der Waals surface area contributed by atoms with Gasteiger partial charge in [-0.1, -0.05) is 56.5 Å². The summed E-state index contributed by atoms with van der Waals surface area (Å²) in [6.07, 6.45) is 9.91. The highest BCUT2D eigenvalue weighted by Crippen LogP contribution is 2.17. The summed E-state index contributed by atoms with van der Waals surface area (Å²) in [5.41, 5.74) is 4.26. The molecule has 3 aromatic rings. The van der Waals surface area contributed by atoms with E-state index in [1.54, 1.807) is 13.2 Å². The number of carbonyl (C=O) groups is 1. The molecule has 0 aliphatic carbocycles. The van der Waals surface area contributed by atoms with Crippen LogP contribution in [-0.4, -0.2) is 29.0 Å². The van der Waals surface area contributed by atoms with E-state index >= 15 is 0 Å². The molecule has 0 spiro atoms. The molecular weight excluding hydrogens is 408 g/mol. The van der Waals surface area contributed by atoms with Gasteiger partial charge in [-0.3, -0.25) is 4.79 Å². The second-order valence-electron chi connectivity index (χ2n) is 8.46. The van der Waals surface area contributed by atoms with Crippen molar-refractivity contribution in [3.05, 3.63) is 102 Å². The highest BCUT2D eigenvalue weighted by molar-refractivity contribution is 5.94. The van der Waals surface area contributed by atoms with E-state index in [0.29, 0.717) is 13.1 Å². The summed E-state index contributed by atoms with van der Waals surface area (Å²) in [5.74, 6) is 0.875. The van der Waals surface area contributed by atoms with Crippen molar-refractivity contribution in [2.75, 3.05) is 13.7 Å². The minimum atomic E-state index is 0.0292. The highest BCUT2D eigenvalue weighted by Gasteiger charge is 2.17. The molecule has 0 fully saturated rings. The molecule has 0 bridgehead atoms. The second kappa shape index (κ2) is 12.7. The molecule has 0 unspecified atom stereocenters. The molecule has 3 rings (SSSR count). The maximum Gasteiger partial charge on any atom is 0.254 e. The zero-order valence-corrected chi connectivity index (χ0v) is 20.0. The van der Waals surface area contributed by atoms with E-state index in [9.17, 15) is 4.79 Å². The number of aryl methyl sites for hydroxylation is 1. The van der Waals surface area contributed by atoms with Crippen molar-refractivity contribution in [3.8, 4) is 5.75 Å². The minimum absolute atomic E-state index is 0.0292. The van der Waals surface area contributed by atoms with Gasteiger partial charge in [-0.2, -0.15) is 0 Å². The Kier molecular flexibility index (Phi) is 9.37. The average Bonchev–Trinajstić information content (AvgIpc) is 3.28. The lowest BCUT2D eigenvalue weighted by Gasteiger charge is -2.22. The molecule has 0 radical (unpaired) electrons. The molecule has 0 atom stereocenters. The van der Waals surface area contributed by atoms with Gasteiger partial charge in [-0.15, -0.1) is 6.58 Å². The van der Waals surface area contributed by atoms with E-state index in [4.69, 9.17) is 4.74 Å². The molecule has 4 heteroatoms. The Morgan fingerprint density at radius 3 is 2.58 bits per heavy atom. The van der Waals surface area contributed by atoms with Gasteiger partial charge in [0.1, 0.15) is 5.75 Å². The zero-order chi connectivity index (χ0) is 23.5. The van der Waals surface area contributed by atoms with Crippen LogP contribution in [0.15, 0.2) is 79.5 Å². The Balaban J connectivity index is 1.68. The van der Waals surface area contributed by atoms with Crippen LogP contribution >= 0.6 is 0 Å². The Hall–Kier alpha value is -3.27. The molecule has 33 heavy (non-hydrogen) atoms. The number of unbranched alkanes of at least 4 members (excludes halogenated alkanes) is 3. The van der Waals surface area contributed by atoms with E-state index in [0.717, 1.165) is 35.5 Å². The highest BCUT2D eigenvalue weighted by atomic mass is 16.5. The van der Waals surface area contributed by atoms with Crippen molar-refractivity contribution in [1.82, 2.24) is 9.47 Å². The van der Waals surface area contributed by atoms with Gasteiger partial charge >= 0.3 is 0 Å². The van der Waals surface area contributed by atoms with Crippen LogP contribution in [0, 0.1) is 0 Å². The molecular formula is C29H36N2O2.